The third kappa shape index (κ3) is 5.15. The van der Waals surface area contributed by atoms with Crippen molar-refractivity contribution in [2.24, 2.45) is 10.9 Å². The molecule has 0 aliphatic carbocycles. The second-order valence-corrected chi connectivity index (χ2v) is 3.78. The number of anilines is 1. The molecule has 0 heterocycles. The molecule has 0 spiro atoms. The van der Waals surface area contributed by atoms with E-state index in [-0.39, 0.29) is 11.9 Å². The average Bonchev–Trinajstić information content (AvgIpc) is 2.43. The lowest BCUT2D eigenvalue weighted by Crippen LogP contribution is -2.30. The van der Waals surface area contributed by atoms with Crippen LogP contribution in [0.5, 0.6) is 5.75 Å². The maximum Gasteiger partial charge on any atom is 0.319 e. The summed E-state index contributed by atoms with van der Waals surface area (Å²) in [6.45, 7) is 0.428. The molecular weight excluding hydrogens is 248 g/mol. The Morgan fingerprint density at radius 1 is 1.47 bits per heavy atom. The molecule has 0 bridgehead atoms. The zero-order chi connectivity index (χ0) is 14.1. The maximum atomic E-state index is 11.6. The molecule has 0 saturated heterocycles. The molecule has 0 saturated carbocycles. The summed E-state index contributed by atoms with van der Waals surface area (Å²) >= 11 is 0. The summed E-state index contributed by atoms with van der Waals surface area (Å²) in [7, 11) is 1.54. The number of carbonyl (C=O) groups is 1. The third-order valence-electron chi connectivity index (χ3n) is 2.38. The van der Waals surface area contributed by atoms with Crippen LogP contribution in [0.2, 0.25) is 0 Å². The van der Waals surface area contributed by atoms with Crippen molar-refractivity contribution in [2.45, 2.75) is 12.8 Å². The van der Waals surface area contributed by atoms with E-state index in [4.69, 9.17) is 15.7 Å². The van der Waals surface area contributed by atoms with Crippen molar-refractivity contribution in [3.63, 3.8) is 0 Å². The van der Waals surface area contributed by atoms with Crippen molar-refractivity contribution in [1.82, 2.24) is 5.32 Å². The van der Waals surface area contributed by atoms with E-state index in [1.54, 1.807) is 18.2 Å². The molecule has 7 nitrogen and oxygen atoms in total. The van der Waals surface area contributed by atoms with E-state index in [1.807, 2.05) is 6.07 Å². The molecule has 1 rings (SSSR count). The molecule has 0 radical (unpaired) electrons. The van der Waals surface area contributed by atoms with Gasteiger partial charge in [-0.15, -0.1) is 0 Å². The zero-order valence-electron chi connectivity index (χ0n) is 10.7. The first-order valence-electron chi connectivity index (χ1n) is 5.81. The number of para-hydroxylation sites is 2. The van der Waals surface area contributed by atoms with Crippen molar-refractivity contribution in [1.29, 1.82) is 0 Å². The fourth-order valence-corrected chi connectivity index (χ4v) is 1.44. The topological polar surface area (TPSA) is 109 Å². The van der Waals surface area contributed by atoms with E-state index >= 15 is 0 Å². The lowest BCUT2D eigenvalue weighted by atomic mass is 10.3. The zero-order valence-corrected chi connectivity index (χ0v) is 10.7. The second kappa shape index (κ2) is 7.80. The third-order valence-corrected chi connectivity index (χ3v) is 2.38. The van der Waals surface area contributed by atoms with Crippen molar-refractivity contribution < 1.29 is 14.7 Å². The van der Waals surface area contributed by atoms with Gasteiger partial charge < -0.3 is 26.3 Å². The minimum Gasteiger partial charge on any atom is -0.495 e. The van der Waals surface area contributed by atoms with Crippen LogP contribution in [0.15, 0.2) is 29.4 Å². The van der Waals surface area contributed by atoms with Gasteiger partial charge in [-0.05, 0) is 18.6 Å². The maximum absolute atomic E-state index is 11.6. The predicted molar refractivity (Wildman–Crippen MR) is 72.7 cm³/mol. The Labute approximate surface area is 111 Å². The monoisotopic (exact) mass is 266 g/mol. The average molecular weight is 266 g/mol. The highest BCUT2D eigenvalue weighted by Gasteiger charge is 2.05. The highest BCUT2D eigenvalue weighted by atomic mass is 16.5. The summed E-state index contributed by atoms with van der Waals surface area (Å²) in [5, 5.41) is 16.5. The Bertz CT molecular complexity index is 448. The molecule has 0 unspecified atom stereocenters. The van der Waals surface area contributed by atoms with Gasteiger partial charge in [-0.2, -0.15) is 0 Å². The number of amides is 2. The molecule has 0 fully saturated rings. The molecule has 0 aromatic heterocycles. The van der Waals surface area contributed by atoms with Gasteiger partial charge >= 0.3 is 6.03 Å². The van der Waals surface area contributed by atoms with Gasteiger partial charge in [0.15, 0.2) is 0 Å². The van der Waals surface area contributed by atoms with Crippen LogP contribution in [0.1, 0.15) is 12.8 Å². The van der Waals surface area contributed by atoms with E-state index in [0.717, 1.165) is 0 Å². The number of urea groups is 1. The summed E-state index contributed by atoms with van der Waals surface area (Å²) in [6.07, 6.45) is 1.01. The molecule has 104 valence electrons. The van der Waals surface area contributed by atoms with Crippen LogP contribution in [0.3, 0.4) is 0 Å². The Morgan fingerprint density at radius 2 is 2.21 bits per heavy atom. The molecule has 1 aromatic rings. The second-order valence-electron chi connectivity index (χ2n) is 3.78. The number of nitrogens with two attached hydrogens (primary N) is 1. The van der Waals surface area contributed by atoms with Gasteiger partial charge in [-0.3, -0.25) is 0 Å². The fourth-order valence-electron chi connectivity index (χ4n) is 1.44. The van der Waals surface area contributed by atoms with Gasteiger partial charge in [-0.1, -0.05) is 17.3 Å². The normalized spacial score (nSPS) is 10.9. The minimum absolute atomic E-state index is 0.145. The number of carbonyl (C=O) groups excluding carboxylic acids is 1. The molecule has 0 aliphatic rings. The SMILES string of the molecule is COc1ccccc1NC(=O)NCCCC(N)=NO. The van der Waals surface area contributed by atoms with E-state index in [1.165, 1.54) is 7.11 Å². The Kier molecular flexibility index (Phi) is 6.00. The van der Waals surface area contributed by atoms with E-state index in [2.05, 4.69) is 15.8 Å². The van der Waals surface area contributed by atoms with Crippen molar-refractivity contribution >= 4 is 17.6 Å². The number of nitrogens with zero attached hydrogens (tertiary/aromatic N) is 1. The van der Waals surface area contributed by atoms with E-state index < -0.39 is 0 Å². The quantitative estimate of drug-likeness (QED) is 0.205. The van der Waals surface area contributed by atoms with Crippen LogP contribution in [0.25, 0.3) is 0 Å². The number of ether oxygens (including phenoxy) is 1. The first-order valence-corrected chi connectivity index (χ1v) is 5.81. The largest absolute Gasteiger partial charge is 0.495 e. The summed E-state index contributed by atoms with van der Waals surface area (Å²) in [6, 6.07) is 6.79. The highest BCUT2D eigenvalue weighted by Crippen LogP contribution is 2.22. The fraction of sp³-hybridized carbons (Fsp3) is 0.333. The van der Waals surface area contributed by atoms with Crippen LogP contribution >= 0.6 is 0 Å². The van der Waals surface area contributed by atoms with Gasteiger partial charge in [0.05, 0.1) is 12.8 Å². The standard InChI is InChI=1S/C12H18N4O3/c1-19-10-6-3-2-5-9(10)15-12(17)14-8-4-7-11(13)16-18/h2-3,5-6,18H,4,7-8H2,1H3,(H2,13,16)(H2,14,15,17). The number of oxime groups is 1. The molecule has 7 heteroatoms. The van der Waals surface area contributed by atoms with Crippen LogP contribution in [-0.4, -0.2) is 30.7 Å². The number of hydrogen-bond acceptors (Lipinski definition) is 4. The Morgan fingerprint density at radius 3 is 2.89 bits per heavy atom. The summed E-state index contributed by atoms with van der Waals surface area (Å²) < 4.78 is 5.12. The number of hydrogen-bond donors (Lipinski definition) is 4. The van der Waals surface area contributed by atoms with Crippen molar-refractivity contribution in [3.05, 3.63) is 24.3 Å². The van der Waals surface area contributed by atoms with Crippen LogP contribution < -0.4 is 21.1 Å². The number of benzene rings is 1. The molecular formula is C12H18N4O3. The highest BCUT2D eigenvalue weighted by molar-refractivity contribution is 5.90. The van der Waals surface area contributed by atoms with Gasteiger partial charge in [-0.25, -0.2) is 4.79 Å². The predicted octanol–water partition coefficient (Wildman–Crippen LogP) is 1.34. The summed E-state index contributed by atoms with van der Waals surface area (Å²) in [5.41, 5.74) is 5.90. The number of methoxy groups -OCH3 is 1. The summed E-state index contributed by atoms with van der Waals surface area (Å²) in [4.78, 5) is 11.6. The lowest BCUT2D eigenvalue weighted by molar-refractivity contribution is 0.252. The molecule has 5 N–H and O–H groups in total. The molecule has 0 aliphatic heterocycles. The molecule has 1 aromatic carbocycles. The summed E-state index contributed by atoms with van der Waals surface area (Å²) in [5.74, 6) is 0.737. The first-order chi connectivity index (χ1) is 9.17. The van der Waals surface area contributed by atoms with Crippen molar-refractivity contribution in [2.75, 3.05) is 19.0 Å². The van der Waals surface area contributed by atoms with Crippen molar-refractivity contribution in [3.8, 4) is 5.75 Å². The lowest BCUT2D eigenvalue weighted by Gasteiger charge is -2.10. The van der Waals surface area contributed by atoms with Gasteiger partial charge in [0, 0.05) is 13.0 Å². The van der Waals surface area contributed by atoms with E-state index in [9.17, 15) is 4.79 Å². The molecule has 2 amide bonds. The van der Waals surface area contributed by atoms with Crippen LogP contribution in [-0.2, 0) is 0 Å². The van der Waals surface area contributed by atoms with E-state index in [0.29, 0.717) is 30.8 Å². The van der Waals surface area contributed by atoms with Gasteiger partial charge in [0.1, 0.15) is 11.6 Å². The smallest absolute Gasteiger partial charge is 0.319 e. The van der Waals surface area contributed by atoms with Crippen LogP contribution in [0.4, 0.5) is 10.5 Å². The first kappa shape index (κ1) is 14.6. The molecule has 19 heavy (non-hydrogen) atoms. The molecule has 0 atom stereocenters. The number of nitrogens with one attached hydrogen (secondary N) is 2. The van der Waals surface area contributed by atoms with Gasteiger partial charge in [0.2, 0.25) is 0 Å². The van der Waals surface area contributed by atoms with Gasteiger partial charge in [0.25, 0.3) is 0 Å². The van der Waals surface area contributed by atoms with Crippen LogP contribution in [0, 0.1) is 0 Å². The minimum atomic E-state index is -0.330. The number of amidine groups is 1. The number of rotatable bonds is 6. The Balaban J connectivity index is 2.35. The Hall–Kier alpha value is -2.44.